The molecule has 0 fully saturated rings. The summed E-state index contributed by atoms with van der Waals surface area (Å²) in [5.74, 6) is -0.812. The Bertz CT molecular complexity index is 883. The van der Waals surface area contributed by atoms with Crippen molar-refractivity contribution in [3.63, 3.8) is 0 Å². The van der Waals surface area contributed by atoms with Crippen molar-refractivity contribution < 1.29 is 27.6 Å². The maximum Gasteiger partial charge on any atom is 0.326 e. The molecule has 2 rings (SSSR count). The highest BCUT2D eigenvalue weighted by Gasteiger charge is 2.27. The van der Waals surface area contributed by atoms with Crippen molar-refractivity contribution in [3.05, 3.63) is 70.3 Å². The first kappa shape index (κ1) is 20.5. The van der Waals surface area contributed by atoms with Gasteiger partial charge in [-0.1, -0.05) is 30.3 Å². The van der Waals surface area contributed by atoms with E-state index < -0.39 is 27.0 Å². The summed E-state index contributed by atoms with van der Waals surface area (Å²) in [6.07, 6.45) is 0. The van der Waals surface area contributed by atoms with Gasteiger partial charge in [0.05, 0.1) is 30.1 Å². The third kappa shape index (κ3) is 5.84. The molecule has 2 aromatic carbocycles. The number of esters is 1. The Kier molecular flexibility index (Phi) is 6.99. The number of nitro groups is 1. The number of sulfonamides is 1. The van der Waals surface area contributed by atoms with E-state index in [9.17, 15) is 23.3 Å². The van der Waals surface area contributed by atoms with Gasteiger partial charge in [-0.25, -0.2) is 8.42 Å². The van der Waals surface area contributed by atoms with Crippen LogP contribution in [0.15, 0.2) is 59.5 Å². The number of non-ortho nitro benzene ring substituents is 1. The molecule has 0 aliphatic heterocycles. The van der Waals surface area contributed by atoms with E-state index in [2.05, 4.69) is 9.46 Å². The number of hydrogen-bond acceptors (Lipinski definition) is 7. The van der Waals surface area contributed by atoms with Gasteiger partial charge < -0.3 is 9.47 Å². The second-order valence-corrected chi connectivity index (χ2v) is 7.16. The molecule has 1 N–H and O–H groups in total. The Morgan fingerprint density at radius 2 is 1.78 bits per heavy atom. The molecule has 10 heteroatoms. The van der Waals surface area contributed by atoms with Crippen molar-refractivity contribution in [2.45, 2.75) is 17.5 Å². The first-order chi connectivity index (χ1) is 12.8. The van der Waals surface area contributed by atoms with Crippen molar-refractivity contribution >= 4 is 21.7 Å². The molecule has 0 aliphatic carbocycles. The zero-order chi connectivity index (χ0) is 19.9. The van der Waals surface area contributed by atoms with Crippen LogP contribution in [0.3, 0.4) is 0 Å². The molecule has 0 saturated heterocycles. The quantitative estimate of drug-likeness (QED) is 0.389. The highest BCUT2D eigenvalue weighted by atomic mass is 32.2. The van der Waals surface area contributed by atoms with Crippen LogP contribution in [0.4, 0.5) is 5.69 Å². The van der Waals surface area contributed by atoms with E-state index in [0.29, 0.717) is 0 Å². The number of carbonyl (C=O) groups is 1. The van der Waals surface area contributed by atoms with Crippen molar-refractivity contribution in [2.75, 3.05) is 13.7 Å². The van der Waals surface area contributed by atoms with E-state index in [1.165, 1.54) is 0 Å². The van der Waals surface area contributed by atoms with Gasteiger partial charge in [0.1, 0.15) is 6.04 Å². The van der Waals surface area contributed by atoms with Crippen LogP contribution in [0.2, 0.25) is 0 Å². The van der Waals surface area contributed by atoms with Crippen molar-refractivity contribution in [1.82, 2.24) is 4.72 Å². The molecule has 0 unspecified atom stereocenters. The number of rotatable bonds is 9. The lowest BCUT2D eigenvalue weighted by molar-refractivity contribution is -0.384. The Labute approximate surface area is 156 Å². The standard InChI is InChI=1S/C17H18N2O7S/c1-25-17(20)16(12-26-11-13-5-3-2-4-6-13)18-27(23,24)15-9-7-14(8-10-15)19(21)22/h2-10,16,18H,11-12H2,1H3/t16-/m0/s1. The SMILES string of the molecule is COC(=O)[C@H](COCc1ccccc1)NS(=O)(=O)c1ccc([N+](=O)[O-])cc1. The number of benzene rings is 2. The van der Waals surface area contributed by atoms with Crippen molar-refractivity contribution in [1.29, 1.82) is 0 Å². The van der Waals surface area contributed by atoms with Crippen molar-refractivity contribution in [3.8, 4) is 0 Å². The van der Waals surface area contributed by atoms with E-state index in [4.69, 9.17) is 4.74 Å². The van der Waals surface area contributed by atoms with Crippen LogP contribution in [0, 0.1) is 10.1 Å². The summed E-state index contributed by atoms with van der Waals surface area (Å²) >= 11 is 0. The predicted molar refractivity (Wildman–Crippen MR) is 95.3 cm³/mol. The average Bonchev–Trinajstić information content (AvgIpc) is 2.67. The summed E-state index contributed by atoms with van der Waals surface area (Å²) in [5.41, 5.74) is 0.615. The molecule has 0 spiro atoms. The molecular weight excluding hydrogens is 376 g/mol. The fourth-order valence-corrected chi connectivity index (χ4v) is 3.33. The van der Waals surface area contributed by atoms with Gasteiger partial charge in [0.2, 0.25) is 10.0 Å². The van der Waals surface area contributed by atoms with Crippen LogP contribution in [0.25, 0.3) is 0 Å². The first-order valence-corrected chi connectivity index (χ1v) is 9.28. The minimum absolute atomic E-state index is 0.188. The van der Waals surface area contributed by atoms with E-state index in [1.807, 2.05) is 30.3 Å². The van der Waals surface area contributed by atoms with E-state index in [1.54, 1.807) is 0 Å². The second-order valence-electron chi connectivity index (χ2n) is 5.45. The fraction of sp³-hybridized carbons (Fsp3) is 0.235. The summed E-state index contributed by atoms with van der Waals surface area (Å²) in [4.78, 5) is 21.7. The number of carbonyl (C=O) groups excluding carboxylic acids is 1. The van der Waals surface area contributed by atoms with Gasteiger partial charge in [-0.15, -0.1) is 0 Å². The molecule has 9 nitrogen and oxygen atoms in total. The molecule has 27 heavy (non-hydrogen) atoms. The van der Waals surface area contributed by atoms with Gasteiger partial charge in [0, 0.05) is 12.1 Å². The van der Waals surface area contributed by atoms with Gasteiger partial charge in [-0.3, -0.25) is 14.9 Å². The minimum Gasteiger partial charge on any atom is -0.468 e. The van der Waals surface area contributed by atoms with Crippen LogP contribution in [0.5, 0.6) is 0 Å². The first-order valence-electron chi connectivity index (χ1n) is 7.80. The zero-order valence-electron chi connectivity index (χ0n) is 14.4. The molecule has 0 saturated carbocycles. The van der Waals surface area contributed by atoms with Gasteiger partial charge in [0.25, 0.3) is 5.69 Å². The van der Waals surface area contributed by atoms with E-state index in [-0.39, 0.29) is 23.8 Å². The smallest absolute Gasteiger partial charge is 0.326 e. The zero-order valence-corrected chi connectivity index (χ0v) is 15.2. The molecular formula is C17H18N2O7S. The van der Waals surface area contributed by atoms with Gasteiger partial charge >= 0.3 is 5.97 Å². The third-order valence-corrected chi connectivity index (χ3v) is 5.02. The number of nitrogens with zero attached hydrogens (tertiary/aromatic N) is 1. The number of nitrogens with one attached hydrogen (secondary N) is 1. The molecule has 0 bridgehead atoms. The summed E-state index contributed by atoms with van der Waals surface area (Å²) in [6, 6.07) is 12.2. The Morgan fingerprint density at radius 1 is 1.15 bits per heavy atom. The fourth-order valence-electron chi connectivity index (χ4n) is 2.16. The molecule has 0 heterocycles. The summed E-state index contributed by atoms with van der Waals surface area (Å²) < 4.78 is 37.1. The van der Waals surface area contributed by atoms with E-state index in [0.717, 1.165) is 36.9 Å². The molecule has 0 aliphatic rings. The van der Waals surface area contributed by atoms with Crippen molar-refractivity contribution in [2.24, 2.45) is 0 Å². The molecule has 0 amide bonds. The van der Waals surface area contributed by atoms with Gasteiger partial charge in [-0.05, 0) is 17.7 Å². The number of hydrogen-bond donors (Lipinski definition) is 1. The highest BCUT2D eigenvalue weighted by Crippen LogP contribution is 2.16. The Hall–Kier alpha value is -2.82. The van der Waals surface area contributed by atoms with E-state index >= 15 is 0 Å². The van der Waals surface area contributed by atoms with Crippen LogP contribution in [-0.2, 0) is 30.9 Å². The highest BCUT2D eigenvalue weighted by molar-refractivity contribution is 7.89. The third-order valence-electron chi connectivity index (χ3n) is 3.54. The summed E-state index contributed by atoms with van der Waals surface area (Å²) in [7, 11) is -2.97. The molecule has 0 radical (unpaired) electrons. The predicted octanol–water partition coefficient (Wildman–Crippen LogP) is 1.63. The lowest BCUT2D eigenvalue weighted by Gasteiger charge is -2.17. The summed E-state index contributed by atoms with van der Waals surface area (Å²) in [6.45, 7) is -0.0542. The Morgan fingerprint density at radius 3 is 2.33 bits per heavy atom. The van der Waals surface area contributed by atoms with Crippen LogP contribution < -0.4 is 4.72 Å². The molecule has 144 valence electrons. The topological polar surface area (TPSA) is 125 Å². The van der Waals surface area contributed by atoms with Crippen LogP contribution in [0.1, 0.15) is 5.56 Å². The van der Waals surface area contributed by atoms with Gasteiger partial charge in [0.15, 0.2) is 0 Å². The molecule has 0 aromatic heterocycles. The maximum atomic E-state index is 12.4. The monoisotopic (exact) mass is 394 g/mol. The lowest BCUT2D eigenvalue weighted by Crippen LogP contribution is -2.44. The minimum atomic E-state index is -4.11. The Balaban J connectivity index is 2.07. The number of ether oxygens (including phenoxy) is 2. The van der Waals surface area contributed by atoms with Crippen LogP contribution >= 0.6 is 0 Å². The normalized spacial score (nSPS) is 12.3. The number of methoxy groups -OCH3 is 1. The lowest BCUT2D eigenvalue weighted by atomic mass is 10.2. The average molecular weight is 394 g/mol. The maximum absolute atomic E-state index is 12.4. The molecule has 2 aromatic rings. The summed E-state index contributed by atoms with van der Waals surface area (Å²) in [5, 5.41) is 10.7. The largest absolute Gasteiger partial charge is 0.468 e. The number of nitro benzene ring substituents is 1. The van der Waals surface area contributed by atoms with Gasteiger partial charge in [-0.2, -0.15) is 4.72 Å². The second kappa shape index (κ2) is 9.21. The molecule has 1 atom stereocenters. The van der Waals surface area contributed by atoms with Crippen LogP contribution in [-0.4, -0.2) is 39.1 Å².